The molecule has 0 bridgehead atoms. The van der Waals surface area contributed by atoms with Gasteiger partial charge in [0.05, 0.1) is 12.2 Å². The van der Waals surface area contributed by atoms with Gasteiger partial charge in [-0.05, 0) is 36.8 Å². The molecule has 0 aliphatic carbocycles. The Morgan fingerprint density at radius 2 is 1.76 bits per heavy atom. The van der Waals surface area contributed by atoms with E-state index >= 15 is 0 Å². The van der Waals surface area contributed by atoms with E-state index in [4.69, 9.17) is 9.47 Å². The summed E-state index contributed by atoms with van der Waals surface area (Å²) in [5.41, 5.74) is 1.90. The average Bonchev–Trinajstić information content (AvgIpc) is 3.07. The van der Waals surface area contributed by atoms with Gasteiger partial charge in [0.1, 0.15) is 23.3 Å². The van der Waals surface area contributed by atoms with Crippen LogP contribution in [-0.4, -0.2) is 17.6 Å². The van der Waals surface area contributed by atoms with E-state index in [1.807, 2.05) is 54.6 Å². The van der Waals surface area contributed by atoms with Crippen LogP contribution >= 0.6 is 0 Å². The van der Waals surface area contributed by atoms with Crippen LogP contribution in [-0.2, 0) is 4.74 Å². The summed E-state index contributed by atoms with van der Waals surface area (Å²) in [5.74, 6) is 0.906. The molecule has 5 nitrogen and oxygen atoms in total. The smallest absolute Gasteiger partial charge is 0.356 e. The van der Waals surface area contributed by atoms with Gasteiger partial charge in [0.25, 0.3) is 0 Å². The Balaban J connectivity index is 1.85. The van der Waals surface area contributed by atoms with Crippen molar-refractivity contribution in [2.24, 2.45) is 0 Å². The van der Waals surface area contributed by atoms with Crippen molar-refractivity contribution < 1.29 is 14.3 Å². The van der Waals surface area contributed by atoms with E-state index in [0.717, 1.165) is 11.3 Å². The minimum atomic E-state index is -0.533. The Morgan fingerprint density at radius 3 is 2.40 bits per heavy atom. The van der Waals surface area contributed by atoms with Gasteiger partial charge >= 0.3 is 5.97 Å². The summed E-state index contributed by atoms with van der Waals surface area (Å²) >= 11 is 0. The van der Waals surface area contributed by atoms with Gasteiger partial charge in [-0.2, -0.15) is 5.26 Å². The highest BCUT2D eigenvalue weighted by Crippen LogP contribution is 2.29. The number of ether oxygens (including phenoxy) is 2. The standard InChI is InChI=1S/C20H16N2O3/c1-2-24-20(23)19-17(12-21)18(13-22-19)14-8-10-16(11-9-14)25-15-6-4-3-5-7-15/h3-11,13,22H,2H2,1H3. The maximum Gasteiger partial charge on any atom is 0.356 e. The van der Waals surface area contributed by atoms with Crippen molar-refractivity contribution in [1.29, 1.82) is 5.26 Å². The van der Waals surface area contributed by atoms with Crippen molar-refractivity contribution in [3.8, 4) is 28.7 Å². The summed E-state index contributed by atoms with van der Waals surface area (Å²) in [4.78, 5) is 14.7. The highest BCUT2D eigenvalue weighted by molar-refractivity contribution is 5.93. The number of nitrogens with zero attached hydrogens (tertiary/aromatic N) is 1. The van der Waals surface area contributed by atoms with Crippen LogP contribution in [0.15, 0.2) is 60.8 Å². The number of hydrogen-bond donors (Lipinski definition) is 1. The van der Waals surface area contributed by atoms with E-state index in [1.54, 1.807) is 13.1 Å². The zero-order chi connectivity index (χ0) is 17.6. The number of rotatable bonds is 5. The number of para-hydroxylation sites is 1. The lowest BCUT2D eigenvalue weighted by atomic mass is 10.0. The molecule has 2 aromatic carbocycles. The molecule has 0 saturated heterocycles. The minimum Gasteiger partial charge on any atom is -0.461 e. The predicted octanol–water partition coefficient (Wildman–Crippen LogP) is 4.52. The van der Waals surface area contributed by atoms with Crippen molar-refractivity contribution in [3.63, 3.8) is 0 Å². The molecule has 0 saturated carbocycles. The van der Waals surface area contributed by atoms with E-state index in [9.17, 15) is 10.1 Å². The lowest BCUT2D eigenvalue weighted by Gasteiger charge is -2.06. The zero-order valence-electron chi connectivity index (χ0n) is 13.7. The number of carbonyl (C=O) groups excluding carboxylic acids is 1. The molecule has 0 spiro atoms. The highest BCUT2D eigenvalue weighted by Gasteiger charge is 2.19. The number of nitrogens with one attached hydrogen (secondary N) is 1. The number of esters is 1. The fourth-order valence-corrected chi connectivity index (χ4v) is 2.46. The molecule has 1 aromatic heterocycles. The summed E-state index contributed by atoms with van der Waals surface area (Å²) in [6.07, 6.45) is 1.64. The van der Waals surface area contributed by atoms with Crippen LogP contribution in [0.2, 0.25) is 0 Å². The fourth-order valence-electron chi connectivity index (χ4n) is 2.46. The third kappa shape index (κ3) is 3.54. The van der Waals surface area contributed by atoms with Crippen molar-refractivity contribution in [1.82, 2.24) is 4.98 Å². The second-order valence-electron chi connectivity index (χ2n) is 5.22. The number of H-pyrrole nitrogens is 1. The van der Waals surface area contributed by atoms with Crippen molar-refractivity contribution in [2.75, 3.05) is 6.61 Å². The molecule has 5 heteroatoms. The number of benzene rings is 2. The maximum atomic E-state index is 11.9. The van der Waals surface area contributed by atoms with Crippen molar-refractivity contribution in [2.45, 2.75) is 6.92 Å². The van der Waals surface area contributed by atoms with Crippen LogP contribution in [0.4, 0.5) is 0 Å². The van der Waals surface area contributed by atoms with E-state index in [1.165, 1.54) is 0 Å². The molecule has 3 rings (SSSR count). The summed E-state index contributed by atoms with van der Waals surface area (Å²) in [7, 11) is 0. The molecule has 0 unspecified atom stereocenters. The summed E-state index contributed by atoms with van der Waals surface area (Å²) in [5, 5.41) is 9.41. The van der Waals surface area contributed by atoms with Gasteiger partial charge in [-0.25, -0.2) is 4.79 Å². The first-order valence-corrected chi connectivity index (χ1v) is 7.85. The molecular weight excluding hydrogens is 316 g/mol. The van der Waals surface area contributed by atoms with Crippen molar-refractivity contribution >= 4 is 5.97 Å². The lowest BCUT2D eigenvalue weighted by Crippen LogP contribution is -2.06. The minimum absolute atomic E-state index is 0.170. The van der Waals surface area contributed by atoms with Gasteiger partial charge < -0.3 is 14.5 Å². The number of aromatic nitrogens is 1. The Bertz CT molecular complexity index is 906. The second kappa shape index (κ2) is 7.37. The van der Waals surface area contributed by atoms with Crippen LogP contribution in [0.5, 0.6) is 11.5 Å². The highest BCUT2D eigenvalue weighted by atomic mass is 16.5. The quantitative estimate of drug-likeness (QED) is 0.697. The monoisotopic (exact) mass is 332 g/mol. The molecular formula is C20H16N2O3. The number of aromatic amines is 1. The number of nitriles is 1. The molecule has 3 aromatic rings. The average molecular weight is 332 g/mol. The Labute approximate surface area is 145 Å². The first kappa shape index (κ1) is 16.3. The van der Waals surface area contributed by atoms with E-state index in [2.05, 4.69) is 11.1 Å². The molecule has 0 fully saturated rings. The molecule has 1 N–H and O–H groups in total. The van der Waals surface area contributed by atoms with Crippen LogP contribution in [0.25, 0.3) is 11.1 Å². The van der Waals surface area contributed by atoms with Gasteiger partial charge in [0.2, 0.25) is 0 Å². The first-order chi connectivity index (χ1) is 12.2. The van der Waals surface area contributed by atoms with Gasteiger partial charge in [0, 0.05) is 11.8 Å². The SMILES string of the molecule is CCOC(=O)c1[nH]cc(-c2ccc(Oc3ccccc3)cc2)c1C#N. The third-order valence-electron chi connectivity index (χ3n) is 3.62. The van der Waals surface area contributed by atoms with E-state index in [-0.39, 0.29) is 17.9 Å². The molecule has 25 heavy (non-hydrogen) atoms. The zero-order valence-corrected chi connectivity index (χ0v) is 13.7. The van der Waals surface area contributed by atoms with Crippen LogP contribution in [0.3, 0.4) is 0 Å². The van der Waals surface area contributed by atoms with E-state index < -0.39 is 5.97 Å². The molecule has 124 valence electrons. The normalized spacial score (nSPS) is 10.1. The van der Waals surface area contributed by atoms with Crippen molar-refractivity contribution in [3.05, 3.63) is 72.1 Å². The molecule has 0 aliphatic heterocycles. The largest absolute Gasteiger partial charge is 0.461 e. The summed E-state index contributed by atoms with van der Waals surface area (Å²) in [6, 6.07) is 18.9. The van der Waals surface area contributed by atoms with Crippen LogP contribution in [0, 0.1) is 11.3 Å². The van der Waals surface area contributed by atoms with Gasteiger partial charge in [-0.1, -0.05) is 30.3 Å². The topological polar surface area (TPSA) is 75.1 Å². The molecule has 0 aliphatic rings. The number of carbonyl (C=O) groups is 1. The first-order valence-electron chi connectivity index (χ1n) is 7.85. The van der Waals surface area contributed by atoms with Gasteiger partial charge in [-0.15, -0.1) is 0 Å². The van der Waals surface area contributed by atoms with Gasteiger partial charge in [-0.3, -0.25) is 0 Å². The Hall–Kier alpha value is -3.52. The summed E-state index contributed by atoms with van der Waals surface area (Å²) in [6.45, 7) is 1.98. The van der Waals surface area contributed by atoms with Crippen LogP contribution < -0.4 is 4.74 Å². The Kier molecular flexibility index (Phi) is 4.82. The molecule has 1 heterocycles. The molecule has 0 amide bonds. The fraction of sp³-hybridized carbons (Fsp3) is 0.100. The second-order valence-corrected chi connectivity index (χ2v) is 5.22. The lowest BCUT2D eigenvalue weighted by molar-refractivity contribution is 0.0520. The van der Waals surface area contributed by atoms with Crippen LogP contribution in [0.1, 0.15) is 23.0 Å². The predicted molar refractivity (Wildman–Crippen MR) is 93.4 cm³/mol. The number of hydrogen-bond acceptors (Lipinski definition) is 4. The van der Waals surface area contributed by atoms with Gasteiger partial charge in [0.15, 0.2) is 0 Å². The van der Waals surface area contributed by atoms with E-state index in [0.29, 0.717) is 11.3 Å². The third-order valence-corrected chi connectivity index (χ3v) is 3.62. The summed E-state index contributed by atoms with van der Waals surface area (Å²) < 4.78 is 10.7. The maximum absolute atomic E-state index is 11.9. The molecule has 0 radical (unpaired) electrons. The Morgan fingerprint density at radius 1 is 1.08 bits per heavy atom. The molecule has 0 atom stereocenters.